The average Bonchev–Trinajstić information content (AvgIpc) is 2.85. The third kappa shape index (κ3) is 1.40. The Morgan fingerprint density at radius 1 is 1.23 bits per heavy atom. The van der Waals surface area contributed by atoms with Crippen molar-refractivity contribution in [2.24, 2.45) is 0 Å². The quantitative estimate of drug-likeness (QED) is 0.673. The van der Waals surface area contributed by atoms with Gasteiger partial charge in [-0.2, -0.15) is 0 Å². The summed E-state index contributed by atoms with van der Waals surface area (Å²) >= 11 is 0. The average molecular weight is 194 g/mol. The number of sulfone groups is 1. The van der Waals surface area contributed by atoms with Crippen LogP contribution < -0.4 is 0 Å². The first-order chi connectivity index (χ1) is 6.12. The molecule has 1 aliphatic rings. The van der Waals surface area contributed by atoms with Crippen LogP contribution in [0, 0.1) is 0 Å². The Labute approximate surface area is 77.8 Å². The third-order valence-electron chi connectivity index (χ3n) is 2.19. The van der Waals surface area contributed by atoms with Gasteiger partial charge in [0, 0.05) is 0 Å². The number of hydrogen-bond donors (Lipinski definition) is 0. The van der Waals surface area contributed by atoms with Crippen molar-refractivity contribution in [3.05, 3.63) is 42.5 Å². The fourth-order valence-corrected chi connectivity index (χ4v) is 3.02. The van der Waals surface area contributed by atoms with Gasteiger partial charge in [-0.1, -0.05) is 30.4 Å². The molecule has 0 saturated heterocycles. The molecule has 1 fully saturated rings. The number of hydrogen-bond acceptors (Lipinski definition) is 2. The second kappa shape index (κ2) is 2.70. The van der Waals surface area contributed by atoms with Crippen molar-refractivity contribution in [3.8, 4) is 0 Å². The first-order valence-corrected chi connectivity index (χ1v) is 5.63. The highest BCUT2D eigenvalue weighted by atomic mass is 32.2. The van der Waals surface area contributed by atoms with Crippen LogP contribution in [0.5, 0.6) is 0 Å². The van der Waals surface area contributed by atoms with Crippen molar-refractivity contribution in [1.29, 1.82) is 0 Å². The van der Waals surface area contributed by atoms with E-state index < -0.39 is 9.84 Å². The Morgan fingerprint density at radius 3 is 2.23 bits per heavy atom. The molecule has 1 unspecified atom stereocenters. The summed E-state index contributed by atoms with van der Waals surface area (Å²) < 4.78 is 23.5. The van der Waals surface area contributed by atoms with Crippen LogP contribution >= 0.6 is 0 Å². The largest absolute Gasteiger partial charge is 0.223 e. The Kier molecular flexibility index (Phi) is 1.77. The molecule has 0 aliphatic heterocycles. The zero-order valence-corrected chi connectivity index (χ0v) is 7.92. The predicted molar refractivity (Wildman–Crippen MR) is 51.2 cm³/mol. The molecule has 1 saturated carbocycles. The van der Waals surface area contributed by atoms with Crippen LogP contribution in [-0.4, -0.2) is 13.7 Å². The van der Waals surface area contributed by atoms with Crippen LogP contribution in [0.1, 0.15) is 6.42 Å². The van der Waals surface area contributed by atoms with Crippen LogP contribution in [0.4, 0.5) is 0 Å². The van der Waals surface area contributed by atoms with E-state index in [0.29, 0.717) is 11.3 Å². The highest BCUT2D eigenvalue weighted by molar-refractivity contribution is 7.92. The Balaban J connectivity index is 2.42. The van der Waals surface area contributed by atoms with E-state index in [-0.39, 0.29) is 5.25 Å². The summed E-state index contributed by atoms with van der Waals surface area (Å²) in [7, 11) is -3.11. The van der Waals surface area contributed by atoms with Crippen molar-refractivity contribution in [2.45, 2.75) is 16.6 Å². The van der Waals surface area contributed by atoms with Gasteiger partial charge in [-0.05, 0) is 18.6 Å². The van der Waals surface area contributed by atoms with Crippen molar-refractivity contribution in [1.82, 2.24) is 0 Å². The van der Waals surface area contributed by atoms with Gasteiger partial charge in [0.1, 0.15) is 0 Å². The van der Waals surface area contributed by atoms with E-state index in [1.807, 2.05) is 0 Å². The van der Waals surface area contributed by atoms with Gasteiger partial charge in [0.25, 0.3) is 0 Å². The maximum atomic E-state index is 11.7. The highest BCUT2D eigenvalue weighted by Gasteiger charge is 2.40. The van der Waals surface area contributed by atoms with Crippen LogP contribution in [0.2, 0.25) is 0 Å². The minimum absolute atomic E-state index is 0.324. The topological polar surface area (TPSA) is 34.1 Å². The Hall–Kier alpha value is -1.09. The SMILES string of the molecule is C=C1CC1S(=O)(=O)c1ccccc1. The standard InChI is InChI=1S/C10H10O2S/c1-8-7-10(8)13(11,12)9-5-3-2-4-6-9/h2-6,10H,1,7H2. The van der Waals surface area contributed by atoms with E-state index in [9.17, 15) is 8.42 Å². The highest BCUT2D eigenvalue weighted by Crippen LogP contribution is 2.38. The van der Waals surface area contributed by atoms with E-state index in [0.717, 1.165) is 5.57 Å². The van der Waals surface area contributed by atoms with Crippen LogP contribution in [0.3, 0.4) is 0 Å². The molecular weight excluding hydrogens is 184 g/mol. The summed E-state index contributed by atoms with van der Waals surface area (Å²) in [6.45, 7) is 3.66. The molecule has 0 spiro atoms. The van der Waals surface area contributed by atoms with Gasteiger partial charge in [0.15, 0.2) is 9.84 Å². The zero-order valence-electron chi connectivity index (χ0n) is 7.10. The molecule has 0 amide bonds. The first-order valence-electron chi connectivity index (χ1n) is 4.09. The molecule has 1 aromatic carbocycles. The molecule has 2 nitrogen and oxygen atoms in total. The molecule has 0 N–H and O–H groups in total. The first kappa shape index (κ1) is 8.51. The van der Waals surface area contributed by atoms with E-state index in [2.05, 4.69) is 6.58 Å². The van der Waals surface area contributed by atoms with Gasteiger partial charge < -0.3 is 0 Å². The fourth-order valence-electron chi connectivity index (χ4n) is 1.28. The monoisotopic (exact) mass is 194 g/mol. The molecule has 0 aromatic heterocycles. The Bertz CT molecular complexity index is 431. The van der Waals surface area contributed by atoms with Crippen LogP contribution in [0.25, 0.3) is 0 Å². The van der Waals surface area contributed by atoms with Gasteiger partial charge in [0.05, 0.1) is 10.1 Å². The maximum Gasteiger partial charge on any atom is 0.185 e. The molecule has 1 atom stereocenters. The molecular formula is C10H10O2S. The lowest BCUT2D eigenvalue weighted by molar-refractivity contribution is 0.595. The minimum Gasteiger partial charge on any atom is -0.223 e. The molecule has 0 radical (unpaired) electrons. The summed E-state index contributed by atoms with van der Waals surface area (Å²) in [5.74, 6) is 0. The van der Waals surface area contributed by atoms with Gasteiger partial charge in [-0.15, -0.1) is 0 Å². The van der Waals surface area contributed by atoms with Crippen molar-refractivity contribution >= 4 is 9.84 Å². The second-order valence-electron chi connectivity index (χ2n) is 3.21. The van der Waals surface area contributed by atoms with E-state index >= 15 is 0 Å². The molecule has 1 aromatic rings. The van der Waals surface area contributed by atoms with Gasteiger partial charge >= 0.3 is 0 Å². The van der Waals surface area contributed by atoms with Crippen molar-refractivity contribution < 1.29 is 8.42 Å². The van der Waals surface area contributed by atoms with Crippen LogP contribution in [0.15, 0.2) is 47.4 Å². The summed E-state index contributed by atoms with van der Waals surface area (Å²) in [5, 5.41) is -0.324. The smallest absolute Gasteiger partial charge is 0.185 e. The second-order valence-corrected chi connectivity index (χ2v) is 5.34. The van der Waals surface area contributed by atoms with Crippen molar-refractivity contribution in [3.63, 3.8) is 0 Å². The summed E-state index contributed by atoms with van der Waals surface area (Å²) in [5.41, 5.74) is 0.823. The molecule has 0 heterocycles. The fraction of sp³-hybridized carbons (Fsp3) is 0.200. The van der Waals surface area contributed by atoms with E-state index in [1.54, 1.807) is 30.3 Å². The lowest BCUT2D eigenvalue weighted by Gasteiger charge is -2.00. The minimum atomic E-state index is -3.11. The normalized spacial score (nSPS) is 21.5. The Morgan fingerprint density at radius 2 is 1.77 bits per heavy atom. The zero-order chi connectivity index (χ0) is 9.47. The van der Waals surface area contributed by atoms with Gasteiger partial charge in [-0.25, -0.2) is 8.42 Å². The van der Waals surface area contributed by atoms with Crippen molar-refractivity contribution in [2.75, 3.05) is 0 Å². The number of benzene rings is 1. The lowest BCUT2D eigenvalue weighted by atomic mass is 10.4. The summed E-state index contributed by atoms with van der Waals surface area (Å²) in [4.78, 5) is 0.402. The lowest BCUT2D eigenvalue weighted by Crippen LogP contribution is -2.06. The summed E-state index contributed by atoms with van der Waals surface area (Å²) in [6, 6.07) is 8.53. The third-order valence-corrected chi connectivity index (χ3v) is 4.37. The van der Waals surface area contributed by atoms with Gasteiger partial charge in [0.2, 0.25) is 0 Å². The molecule has 2 rings (SSSR count). The van der Waals surface area contributed by atoms with Crippen LogP contribution in [-0.2, 0) is 9.84 Å². The molecule has 1 aliphatic carbocycles. The van der Waals surface area contributed by atoms with Gasteiger partial charge in [-0.3, -0.25) is 0 Å². The summed E-state index contributed by atoms with van der Waals surface area (Å²) in [6.07, 6.45) is 0.622. The molecule has 3 heteroatoms. The van der Waals surface area contributed by atoms with E-state index in [4.69, 9.17) is 0 Å². The maximum absolute atomic E-state index is 11.7. The molecule has 0 bridgehead atoms. The van der Waals surface area contributed by atoms with E-state index in [1.165, 1.54) is 0 Å². The number of rotatable bonds is 2. The molecule has 13 heavy (non-hydrogen) atoms. The predicted octanol–water partition coefficient (Wildman–Crippen LogP) is 1.79. The molecule has 68 valence electrons.